The minimum atomic E-state index is -0.437. The van der Waals surface area contributed by atoms with E-state index in [1.54, 1.807) is 25.4 Å². The fraction of sp³-hybridized carbons (Fsp3) is 0.294. The molecule has 23 heavy (non-hydrogen) atoms. The zero-order chi connectivity index (χ0) is 16.8. The highest BCUT2D eigenvalue weighted by Gasteiger charge is 2.10. The first-order valence-corrected chi connectivity index (χ1v) is 7.40. The van der Waals surface area contributed by atoms with Crippen molar-refractivity contribution in [2.75, 3.05) is 11.9 Å². The van der Waals surface area contributed by atoms with Gasteiger partial charge in [-0.2, -0.15) is 0 Å². The van der Waals surface area contributed by atoms with Crippen LogP contribution in [0, 0.1) is 6.92 Å². The summed E-state index contributed by atoms with van der Waals surface area (Å²) in [5, 5.41) is 5.24. The third kappa shape index (κ3) is 4.60. The lowest BCUT2D eigenvalue weighted by Crippen LogP contribution is -2.37. The number of carbonyl (C=O) groups is 1. The molecule has 0 fully saturated rings. The number of rotatable bonds is 5. The fourth-order valence-corrected chi connectivity index (χ4v) is 2.04. The Bertz CT molecular complexity index is 740. The molecule has 0 radical (unpaired) electrons. The van der Waals surface area contributed by atoms with E-state index in [1.165, 1.54) is 4.57 Å². The van der Waals surface area contributed by atoms with E-state index >= 15 is 0 Å². The summed E-state index contributed by atoms with van der Waals surface area (Å²) in [6, 6.07) is 10.5. The highest BCUT2D eigenvalue weighted by atomic mass is 16.5. The van der Waals surface area contributed by atoms with E-state index in [4.69, 9.17) is 4.74 Å². The number of pyridine rings is 1. The summed E-state index contributed by atoms with van der Waals surface area (Å²) in [5.41, 5.74) is 1.02. The van der Waals surface area contributed by atoms with Crippen LogP contribution < -0.4 is 20.9 Å². The number of urea groups is 1. The number of hydrogen-bond donors (Lipinski definition) is 2. The molecule has 1 heterocycles. The maximum atomic E-state index is 11.9. The van der Waals surface area contributed by atoms with Crippen LogP contribution in [0.1, 0.15) is 12.5 Å². The van der Waals surface area contributed by atoms with E-state index in [1.807, 2.05) is 38.1 Å². The second-order valence-corrected chi connectivity index (χ2v) is 5.37. The Labute approximate surface area is 135 Å². The number of nitrogens with one attached hydrogen (secondary N) is 2. The molecule has 0 spiro atoms. The summed E-state index contributed by atoms with van der Waals surface area (Å²) in [4.78, 5) is 23.7. The molecule has 0 saturated carbocycles. The number of nitrogens with zero attached hydrogens (tertiary/aromatic N) is 1. The lowest BCUT2D eigenvalue weighted by atomic mass is 10.2. The Morgan fingerprint density at radius 3 is 2.74 bits per heavy atom. The van der Waals surface area contributed by atoms with Gasteiger partial charge in [0.1, 0.15) is 17.5 Å². The standard InChI is InChI=1S/C17H21N3O3/c1-12-7-4-5-9-15(12)23-13(2)11-18-17(22)19-14-8-6-10-20(3)16(14)21/h4-10,13H,11H2,1-3H3,(H2,18,19,22). The number of anilines is 1. The molecule has 2 aromatic rings. The molecule has 2 N–H and O–H groups in total. The maximum absolute atomic E-state index is 11.9. The number of benzene rings is 1. The van der Waals surface area contributed by atoms with Crippen molar-refractivity contribution in [3.63, 3.8) is 0 Å². The van der Waals surface area contributed by atoms with Gasteiger partial charge in [0.25, 0.3) is 5.56 Å². The van der Waals surface area contributed by atoms with Crippen molar-refractivity contribution < 1.29 is 9.53 Å². The fourth-order valence-electron chi connectivity index (χ4n) is 2.04. The third-order valence-electron chi connectivity index (χ3n) is 3.34. The van der Waals surface area contributed by atoms with Gasteiger partial charge in [-0.25, -0.2) is 4.79 Å². The van der Waals surface area contributed by atoms with Gasteiger partial charge in [-0.3, -0.25) is 4.79 Å². The van der Waals surface area contributed by atoms with Crippen LogP contribution in [0.2, 0.25) is 0 Å². The van der Waals surface area contributed by atoms with Crippen molar-refractivity contribution in [2.45, 2.75) is 20.0 Å². The molecule has 1 atom stereocenters. The summed E-state index contributed by atoms with van der Waals surface area (Å²) in [6.07, 6.45) is 1.43. The molecule has 0 aliphatic heterocycles. The topological polar surface area (TPSA) is 72.4 Å². The Morgan fingerprint density at radius 2 is 2.00 bits per heavy atom. The lowest BCUT2D eigenvalue weighted by Gasteiger charge is -2.17. The van der Waals surface area contributed by atoms with Crippen LogP contribution in [-0.4, -0.2) is 23.2 Å². The number of hydrogen-bond acceptors (Lipinski definition) is 3. The predicted molar refractivity (Wildman–Crippen MR) is 90.0 cm³/mol. The number of carbonyl (C=O) groups excluding carboxylic acids is 1. The Hall–Kier alpha value is -2.76. The molecule has 1 unspecified atom stereocenters. The average molecular weight is 315 g/mol. The molecule has 122 valence electrons. The van der Waals surface area contributed by atoms with Crippen molar-refractivity contribution in [3.8, 4) is 5.75 Å². The minimum absolute atomic E-state index is 0.194. The monoisotopic (exact) mass is 315 g/mol. The summed E-state index contributed by atoms with van der Waals surface area (Å²) in [5.74, 6) is 0.791. The number of aromatic nitrogens is 1. The first-order valence-electron chi connectivity index (χ1n) is 7.40. The largest absolute Gasteiger partial charge is 0.489 e. The SMILES string of the molecule is Cc1ccccc1OC(C)CNC(=O)Nc1cccn(C)c1=O. The van der Waals surface area contributed by atoms with Gasteiger partial charge in [0, 0.05) is 13.2 Å². The zero-order valence-corrected chi connectivity index (χ0v) is 13.5. The van der Waals surface area contributed by atoms with E-state index in [2.05, 4.69) is 10.6 Å². The van der Waals surface area contributed by atoms with Crippen molar-refractivity contribution in [1.82, 2.24) is 9.88 Å². The second-order valence-electron chi connectivity index (χ2n) is 5.37. The van der Waals surface area contributed by atoms with Crippen molar-refractivity contribution in [1.29, 1.82) is 0 Å². The Kier molecular flexibility index (Phi) is 5.41. The molecule has 1 aromatic carbocycles. The quantitative estimate of drug-likeness (QED) is 0.889. The Balaban J connectivity index is 1.85. The first-order chi connectivity index (χ1) is 11.0. The third-order valence-corrected chi connectivity index (χ3v) is 3.34. The van der Waals surface area contributed by atoms with Crippen LogP contribution in [0.3, 0.4) is 0 Å². The highest BCUT2D eigenvalue weighted by molar-refractivity contribution is 5.88. The van der Waals surface area contributed by atoms with Crippen LogP contribution >= 0.6 is 0 Å². The van der Waals surface area contributed by atoms with Crippen LogP contribution in [0.5, 0.6) is 5.75 Å². The summed E-state index contributed by atoms with van der Waals surface area (Å²) in [7, 11) is 1.63. The van der Waals surface area contributed by atoms with Gasteiger partial charge in [-0.15, -0.1) is 0 Å². The van der Waals surface area contributed by atoms with Gasteiger partial charge >= 0.3 is 6.03 Å². The van der Waals surface area contributed by atoms with Gasteiger partial charge < -0.3 is 19.9 Å². The number of para-hydroxylation sites is 1. The first kappa shape index (κ1) is 16.6. The molecule has 6 nitrogen and oxygen atoms in total. The number of aryl methyl sites for hydroxylation is 2. The van der Waals surface area contributed by atoms with Gasteiger partial charge in [0.15, 0.2) is 0 Å². The maximum Gasteiger partial charge on any atom is 0.319 e. The smallest absolute Gasteiger partial charge is 0.319 e. The molecule has 6 heteroatoms. The Morgan fingerprint density at radius 1 is 1.26 bits per heavy atom. The van der Waals surface area contributed by atoms with Crippen molar-refractivity contribution in [2.24, 2.45) is 7.05 Å². The second kappa shape index (κ2) is 7.49. The lowest BCUT2D eigenvalue weighted by molar-refractivity contribution is 0.211. The van der Waals surface area contributed by atoms with Gasteiger partial charge in [-0.1, -0.05) is 18.2 Å². The summed E-state index contributed by atoms with van der Waals surface area (Å²) < 4.78 is 7.18. The van der Waals surface area contributed by atoms with E-state index < -0.39 is 6.03 Å². The van der Waals surface area contributed by atoms with Crippen LogP contribution in [0.25, 0.3) is 0 Å². The molecule has 0 saturated heterocycles. The molecule has 2 rings (SSSR count). The number of ether oxygens (including phenoxy) is 1. The molecule has 0 aliphatic rings. The molecular weight excluding hydrogens is 294 g/mol. The molecule has 0 aliphatic carbocycles. The van der Waals surface area contributed by atoms with Crippen molar-refractivity contribution >= 4 is 11.7 Å². The van der Waals surface area contributed by atoms with E-state index in [0.29, 0.717) is 6.54 Å². The zero-order valence-electron chi connectivity index (χ0n) is 13.5. The molecule has 0 bridgehead atoms. The average Bonchev–Trinajstić information content (AvgIpc) is 2.52. The summed E-state index contributed by atoms with van der Waals surface area (Å²) in [6.45, 7) is 4.16. The van der Waals surface area contributed by atoms with Crippen LogP contribution in [0.15, 0.2) is 47.4 Å². The molecular formula is C17H21N3O3. The normalized spacial score (nSPS) is 11.6. The van der Waals surface area contributed by atoms with E-state index in [-0.39, 0.29) is 17.4 Å². The van der Waals surface area contributed by atoms with Gasteiger partial charge in [0.2, 0.25) is 0 Å². The van der Waals surface area contributed by atoms with E-state index in [0.717, 1.165) is 11.3 Å². The van der Waals surface area contributed by atoms with Crippen LogP contribution in [-0.2, 0) is 7.05 Å². The molecule has 1 aromatic heterocycles. The summed E-state index contributed by atoms with van der Waals surface area (Å²) >= 11 is 0. The number of amides is 2. The van der Waals surface area contributed by atoms with Gasteiger partial charge in [0.05, 0.1) is 6.54 Å². The van der Waals surface area contributed by atoms with Crippen LogP contribution in [0.4, 0.5) is 10.5 Å². The van der Waals surface area contributed by atoms with E-state index in [9.17, 15) is 9.59 Å². The predicted octanol–water partition coefficient (Wildman–Crippen LogP) is 2.28. The molecule has 2 amide bonds. The van der Waals surface area contributed by atoms with Crippen molar-refractivity contribution in [3.05, 3.63) is 58.5 Å². The minimum Gasteiger partial charge on any atom is -0.489 e. The highest BCUT2D eigenvalue weighted by Crippen LogP contribution is 2.17. The van der Waals surface area contributed by atoms with Gasteiger partial charge in [-0.05, 0) is 37.6 Å².